The van der Waals surface area contributed by atoms with E-state index < -0.39 is 5.41 Å². The molecule has 0 bridgehead atoms. The highest BCUT2D eigenvalue weighted by atomic mass is 127. The van der Waals surface area contributed by atoms with Gasteiger partial charge in [0.05, 0.1) is 15.1 Å². The molecule has 0 aliphatic heterocycles. The number of aromatic nitrogens is 2. The second kappa shape index (κ2) is 4.95. The third kappa shape index (κ3) is 3.04. The first kappa shape index (κ1) is 13.2. The lowest BCUT2D eigenvalue weighted by molar-refractivity contribution is 0.403. The van der Waals surface area contributed by atoms with Gasteiger partial charge in [-0.2, -0.15) is 5.26 Å². The van der Waals surface area contributed by atoms with E-state index in [1.54, 1.807) is 17.7 Å². The summed E-state index contributed by atoms with van der Waals surface area (Å²) in [6.45, 7) is 6.08. The van der Waals surface area contributed by atoms with Crippen molar-refractivity contribution in [2.24, 2.45) is 5.41 Å². The Kier molecular flexibility index (Phi) is 4.08. The molecular weight excluding hydrogens is 317 g/mol. The van der Waals surface area contributed by atoms with Crippen LogP contribution in [0.3, 0.4) is 0 Å². The minimum Gasteiger partial charge on any atom is -0.296 e. The molecule has 0 aliphatic rings. The molecular formula is C11H14IN3O. The van der Waals surface area contributed by atoms with Crippen LogP contribution in [0.15, 0.2) is 11.0 Å². The van der Waals surface area contributed by atoms with Crippen molar-refractivity contribution in [1.82, 2.24) is 9.55 Å². The first-order valence-electron chi connectivity index (χ1n) is 5.00. The summed E-state index contributed by atoms with van der Waals surface area (Å²) in [5.74, 6) is 0.694. The standard InChI is InChI=1S/C11H14IN3O/c1-8-14-6-9(12)10(16)15(8)5-4-11(2,3)7-13/h6H,4-5H2,1-3H3. The second-order valence-corrected chi connectivity index (χ2v) is 5.52. The molecule has 16 heavy (non-hydrogen) atoms. The van der Waals surface area contributed by atoms with Crippen molar-refractivity contribution >= 4 is 22.6 Å². The van der Waals surface area contributed by atoms with E-state index in [0.29, 0.717) is 22.4 Å². The van der Waals surface area contributed by atoms with Crippen molar-refractivity contribution in [3.05, 3.63) is 25.9 Å². The number of nitrogens with zero attached hydrogens (tertiary/aromatic N) is 3. The van der Waals surface area contributed by atoms with Crippen LogP contribution in [0.1, 0.15) is 26.1 Å². The third-order valence-electron chi connectivity index (χ3n) is 2.47. The van der Waals surface area contributed by atoms with E-state index >= 15 is 0 Å². The average Bonchev–Trinajstić information content (AvgIpc) is 2.24. The zero-order chi connectivity index (χ0) is 12.3. The summed E-state index contributed by atoms with van der Waals surface area (Å²) < 4.78 is 2.24. The van der Waals surface area contributed by atoms with E-state index in [1.807, 2.05) is 36.4 Å². The van der Waals surface area contributed by atoms with Crippen LogP contribution >= 0.6 is 22.6 Å². The van der Waals surface area contributed by atoms with Crippen LogP contribution in [-0.2, 0) is 6.54 Å². The molecule has 1 heterocycles. The van der Waals surface area contributed by atoms with E-state index in [4.69, 9.17) is 5.26 Å². The normalized spacial score (nSPS) is 11.2. The van der Waals surface area contributed by atoms with Crippen molar-refractivity contribution in [3.8, 4) is 6.07 Å². The maximum absolute atomic E-state index is 11.8. The molecule has 86 valence electrons. The number of nitriles is 1. The van der Waals surface area contributed by atoms with Gasteiger partial charge < -0.3 is 0 Å². The van der Waals surface area contributed by atoms with Gasteiger partial charge in [0.1, 0.15) is 5.82 Å². The summed E-state index contributed by atoms with van der Waals surface area (Å²) >= 11 is 1.98. The largest absolute Gasteiger partial charge is 0.296 e. The SMILES string of the molecule is Cc1ncc(I)c(=O)n1CCC(C)(C)C#N. The Labute approximate surface area is 108 Å². The van der Waals surface area contributed by atoms with Gasteiger partial charge in [-0.1, -0.05) is 0 Å². The fraction of sp³-hybridized carbons (Fsp3) is 0.545. The maximum atomic E-state index is 11.8. The summed E-state index contributed by atoms with van der Waals surface area (Å²) in [6, 6.07) is 2.23. The van der Waals surface area contributed by atoms with Gasteiger partial charge in [-0.25, -0.2) is 4.98 Å². The van der Waals surface area contributed by atoms with Crippen LogP contribution in [0, 0.1) is 27.2 Å². The topological polar surface area (TPSA) is 58.7 Å². The van der Waals surface area contributed by atoms with Crippen LogP contribution in [0.4, 0.5) is 0 Å². The molecule has 1 aromatic rings. The van der Waals surface area contributed by atoms with Gasteiger partial charge in [0, 0.05) is 12.7 Å². The summed E-state index contributed by atoms with van der Waals surface area (Å²) in [5, 5.41) is 8.91. The van der Waals surface area contributed by atoms with E-state index in [9.17, 15) is 4.79 Å². The monoisotopic (exact) mass is 331 g/mol. The van der Waals surface area contributed by atoms with Crippen molar-refractivity contribution < 1.29 is 0 Å². The highest BCUT2D eigenvalue weighted by Crippen LogP contribution is 2.19. The molecule has 0 fully saturated rings. The lowest BCUT2D eigenvalue weighted by atomic mass is 9.91. The summed E-state index contributed by atoms with van der Waals surface area (Å²) in [5.41, 5.74) is -0.436. The van der Waals surface area contributed by atoms with E-state index in [0.717, 1.165) is 0 Å². The number of halogens is 1. The molecule has 0 amide bonds. The van der Waals surface area contributed by atoms with Crippen molar-refractivity contribution in [2.45, 2.75) is 33.7 Å². The molecule has 0 N–H and O–H groups in total. The number of aryl methyl sites for hydroxylation is 1. The Morgan fingerprint density at radius 3 is 2.81 bits per heavy atom. The lowest BCUT2D eigenvalue weighted by Gasteiger charge is -2.16. The zero-order valence-electron chi connectivity index (χ0n) is 9.62. The Morgan fingerprint density at radius 1 is 1.62 bits per heavy atom. The zero-order valence-corrected chi connectivity index (χ0v) is 11.8. The van der Waals surface area contributed by atoms with Crippen LogP contribution in [0.5, 0.6) is 0 Å². The van der Waals surface area contributed by atoms with Gasteiger partial charge in [0.15, 0.2) is 0 Å². The van der Waals surface area contributed by atoms with Gasteiger partial charge in [-0.05, 0) is 49.8 Å². The Hall–Kier alpha value is -0.900. The molecule has 0 aromatic carbocycles. The maximum Gasteiger partial charge on any atom is 0.266 e. The molecule has 0 saturated heterocycles. The highest BCUT2D eigenvalue weighted by molar-refractivity contribution is 14.1. The van der Waals surface area contributed by atoms with Gasteiger partial charge >= 0.3 is 0 Å². The van der Waals surface area contributed by atoms with Crippen LogP contribution < -0.4 is 5.56 Å². The number of hydrogen-bond donors (Lipinski definition) is 0. The fourth-order valence-corrected chi connectivity index (χ4v) is 1.69. The van der Waals surface area contributed by atoms with Crippen molar-refractivity contribution in [3.63, 3.8) is 0 Å². The quantitative estimate of drug-likeness (QED) is 0.797. The Balaban J connectivity index is 2.96. The molecule has 0 unspecified atom stereocenters. The van der Waals surface area contributed by atoms with E-state index in [1.165, 1.54) is 0 Å². The van der Waals surface area contributed by atoms with Crippen LogP contribution in [-0.4, -0.2) is 9.55 Å². The first-order chi connectivity index (χ1) is 7.37. The molecule has 0 atom stereocenters. The molecule has 0 spiro atoms. The third-order valence-corrected chi connectivity index (χ3v) is 3.21. The Bertz CT molecular complexity index is 485. The van der Waals surface area contributed by atoms with Gasteiger partial charge in [-0.15, -0.1) is 0 Å². The molecule has 0 radical (unpaired) electrons. The second-order valence-electron chi connectivity index (χ2n) is 4.36. The van der Waals surface area contributed by atoms with E-state index in [-0.39, 0.29) is 5.56 Å². The highest BCUT2D eigenvalue weighted by Gasteiger charge is 2.17. The van der Waals surface area contributed by atoms with Crippen LogP contribution in [0.2, 0.25) is 0 Å². The summed E-state index contributed by atoms with van der Waals surface area (Å²) in [7, 11) is 0. The van der Waals surface area contributed by atoms with Crippen molar-refractivity contribution in [2.75, 3.05) is 0 Å². The molecule has 1 rings (SSSR count). The lowest BCUT2D eigenvalue weighted by Crippen LogP contribution is -2.27. The molecule has 0 aliphatic carbocycles. The minimum atomic E-state index is -0.410. The smallest absolute Gasteiger partial charge is 0.266 e. The molecule has 0 saturated carbocycles. The van der Waals surface area contributed by atoms with Gasteiger partial charge in [-0.3, -0.25) is 9.36 Å². The predicted molar refractivity (Wildman–Crippen MR) is 70.0 cm³/mol. The van der Waals surface area contributed by atoms with Crippen molar-refractivity contribution in [1.29, 1.82) is 5.26 Å². The van der Waals surface area contributed by atoms with E-state index in [2.05, 4.69) is 11.1 Å². The first-order valence-corrected chi connectivity index (χ1v) is 6.08. The fourth-order valence-electron chi connectivity index (χ4n) is 1.26. The number of hydrogen-bond acceptors (Lipinski definition) is 3. The number of rotatable bonds is 3. The minimum absolute atomic E-state index is 0.0261. The molecule has 4 nitrogen and oxygen atoms in total. The Morgan fingerprint density at radius 2 is 2.25 bits per heavy atom. The summed E-state index contributed by atoms with van der Waals surface area (Å²) in [4.78, 5) is 16.0. The van der Waals surface area contributed by atoms with Crippen LogP contribution in [0.25, 0.3) is 0 Å². The molecule has 1 aromatic heterocycles. The van der Waals surface area contributed by atoms with Gasteiger partial charge in [0.25, 0.3) is 5.56 Å². The molecule has 5 heteroatoms. The predicted octanol–water partition coefficient (Wildman–Crippen LogP) is 2.10. The van der Waals surface area contributed by atoms with Gasteiger partial charge in [0.2, 0.25) is 0 Å². The average molecular weight is 331 g/mol. The summed E-state index contributed by atoms with van der Waals surface area (Å²) in [6.07, 6.45) is 2.22.